The first-order chi connectivity index (χ1) is 31.2. The number of hydrogen-bond acceptors (Lipinski definition) is 2. The minimum absolute atomic E-state index is 0.396. The topological polar surface area (TPSA) is 18.5 Å². The molecule has 292 valence electrons. The summed E-state index contributed by atoms with van der Waals surface area (Å²) < 4.78 is 11.5. The molecule has 0 amide bonds. The lowest BCUT2D eigenvalue weighted by atomic mass is 10.0. The molecule has 2 heteroatoms. The molecule has 1 saturated heterocycles. The molecule has 63 heavy (non-hydrogen) atoms. The summed E-state index contributed by atoms with van der Waals surface area (Å²) in [7, 11) is 0. The Labute approximate surface area is 369 Å². The zero-order chi connectivity index (χ0) is 42.5. The van der Waals surface area contributed by atoms with Crippen LogP contribution in [-0.2, 0) is 9.47 Å². The van der Waals surface area contributed by atoms with Gasteiger partial charge in [0.15, 0.2) is 6.29 Å². The van der Waals surface area contributed by atoms with Gasteiger partial charge in [-0.05, 0) is 89.6 Å². The van der Waals surface area contributed by atoms with Gasteiger partial charge in [-0.25, -0.2) is 0 Å². The van der Waals surface area contributed by atoms with Gasteiger partial charge in [0.25, 0.3) is 0 Å². The first-order valence-corrected chi connectivity index (χ1v) is 20.6. The molecule has 8 aromatic carbocycles. The lowest BCUT2D eigenvalue weighted by Gasteiger charge is -2.10. The maximum Gasteiger partial charge on any atom is 0.185 e. The third-order valence-corrected chi connectivity index (χ3v) is 10.2. The molecule has 0 unspecified atom stereocenters. The molecule has 0 bridgehead atoms. The van der Waals surface area contributed by atoms with Crippen LogP contribution in [0.3, 0.4) is 0 Å². The Bertz CT molecular complexity index is 3400. The van der Waals surface area contributed by atoms with E-state index in [9.17, 15) is 0 Å². The van der Waals surface area contributed by atoms with Crippen molar-refractivity contribution in [2.24, 2.45) is 0 Å². The Hall–Kier alpha value is -8.70. The summed E-state index contributed by atoms with van der Waals surface area (Å²) >= 11 is 0. The van der Waals surface area contributed by atoms with Crippen LogP contribution in [0.25, 0.3) is 10.8 Å². The summed E-state index contributed by atoms with van der Waals surface area (Å²) in [4.78, 5) is 0. The average molecular weight is 801 g/mol. The monoisotopic (exact) mass is 800 g/mol. The summed E-state index contributed by atoms with van der Waals surface area (Å²) in [5.74, 6) is 40.3. The predicted octanol–water partition coefficient (Wildman–Crippen LogP) is 11.3. The second kappa shape index (κ2) is 19.6. The number of fused-ring (bicyclic) bond motifs is 1. The summed E-state index contributed by atoms with van der Waals surface area (Å²) in [6.45, 7) is 1.15. The van der Waals surface area contributed by atoms with Crippen LogP contribution in [0.2, 0.25) is 0 Å². The number of rotatable bonds is 1. The van der Waals surface area contributed by atoms with Gasteiger partial charge in [-0.1, -0.05) is 180 Å². The van der Waals surface area contributed by atoms with Crippen LogP contribution >= 0.6 is 0 Å². The normalized spacial score (nSPS) is 11.4. The van der Waals surface area contributed by atoms with Crippen molar-refractivity contribution in [2.75, 3.05) is 13.2 Å². The number of ether oxygens (including phenoxy) is 2. The van der Waals surface area contributed by atoms with Gasteiger partial charge in [-0.2, -0.15) is 0 Å². The second-order valence-electron chi connectivity index (χ2n) is 14.5. The summed E-state index contributed by atoms with van der Waals surface area (Å²) in [6, 6.07) is 62.2. The molecule has 1 fully saturated rings. The molecule has 1 aliphatic rings. The van der Waals surface area contributed by atoms with E-state index in [1.165, 1.54) is 10.8 Å². The molecular formula is C61H36O2. The molecule has 0 N–H and O–H groups in total. The van der Waals surface area contributed by atoms with Crippen LogP contribution in [0.4, 0.5) is 0 Å². The summed E-state index contributed by atoms with van der Waals surface area (Å²) in [5.41, 5.74) is 11.1. The highest BCUT2D eigenvalue weighted by atomic mass is 16.7. The van der Waals surface area contributed by atoms with Crippen molar-refractivity contribution in [1.82, 2.24) is 0 Å². The van der Waals surface area contributed by atoms with E-state index >= 15 is 0 Å². The van der Waals surface area contributed by atoms with Crippen LogP contribution in [-0.4, -0.2) is 13.2 Å². The lowest BCUT2D eigenvalue weighted by molar-refractivity contribution is -0.0442. The highest BCUT2D eigenvalue weighted by Crippen LogP contribution is 2.26. The Morgan fingerprint density at radius 2 is 0.556 bits per heavy atom. The van der Waals surface area contributed by atoms with Gasteiger partial charge >= 0.3 is 0 Å². The standard InChI is InChI=1S/C61H36O2/c1-2-16-48(47(15-1)31-29-46-30-32-57-25-11-12-27-59(57)45-46)33-34-49-17-3-4-18-50(49)35-36-51-19-5-6-20-52(51)37-38-53-21-7-8-22-54(53)39-40-55-23-9-10-24-56(55)41-42-58-26-13-14-28-60(58)61-62-43-44-63-61/h1-28,30,32,45,61H,43-44H2. The van der Waals surface area contributed by atoms with Crippen molar-refractivity contribution in [3.63, 3.8) is 0 Å². The van der Waals surface area contributed by atoms with Gasteiger partial charge in [-0.3, -0.25) is 0 Å². The molecule has 1 heterocycles. The van der Waals surface area contributed by atoms with Gasteiger partial charge < -0.3 is 9.47 Å². The van der Waals surface area contributed by atoms with E-state index in [4.69, 9.17) is 9.47 Å². The lowest BCUT2D eigenvalue weighted by Crippen LogP contribution is -2.00. The van der Waals surface area contributed by atoms with E-state index in [1.807, 2.05) is 158 Å². The first-order valence-electron chi connectivity index (χ1n) is 20.6. The van der Waals surface area contributed by atoms with Gasteiger partial charge in [0.2, 0.25) is 0 Å². The van der Waals surface area contributed by atoms with Crippen molar-refractivity contribution >= 4 is 10.8 Å². The van der Waals surface area contributed by atoms with E-state index in [0.29, 0.717) is 13.2 Å². The fourth-order valence-corrected chi connectivity index (χ4v) is 6.94. The molecule has 8 aromatic rings. The SMILES string of the molecule is C(#Cc1ccccc1C#Cc1ccccc1C#Cc1ccccc1C#Cc1ccccc1C#Cc1ccccc1C#Cc1ccccc1C1OCCO1)c1ccc2ccccc2c1. The highest BCUT2D eigenvalue weighted by Gasteiger charge is 2.20. The van der Waals surface area contributed by atoms with Crippen molar-refractivity contribution in [2.45, 2.75) is 6.29 Å². The number of benzene rings is 8. The fourth-order valence-electron chi connectivity index (χ4n) is 6.94. The quantitative estimate of drug-likeness (QED) is 0.154. The van der Waals surface area contributed by atoms with Crippen LogP contribution in [0, 0.1) is 71.0 Å². The maximum absolute atomic E-state index is 5.75. The van der Waals surface area contributed by atoms with Crippen LogP contribution < -0.4 is 0 Å². The zero-order valence-corrected chi connectivity index (χ0v) is 34.2. The van der Waals surface area contributed by atoms with Gasteiger partial charge in [-0.15, -0.1) is 0 Å². The molecule has 0 saturated carbocycles. The average Bonchev–Trinajstić information content (AvgIpc) is 3.89. The molecule has 2 nitrogen and oxygen atoms in total. The Balaban J connectivity index is 0.951. The fraction of sp³-hybridized carbons (Fsp3) is 0.0492. The third kappa shape index (κ3) is 10.0. The second-order valence-corrected chi connectivity index (χ2v) is 14.5. The maximum atomic E-state index is 5.75. The molecule has 0 atom stereocenters. The van der Waals surface area contributed by atoms with Crippen molar-refractivity contribution in [1.29, 1.82) is 0 Å². The molecule has 0 radical (unpaired) electrons. The smallest absolute Gasteiger partial charge is 0.185 e. The van der Waals surface area contributed by atoms with E-state index in [0.717, 1.165) is 72.3 Å². The molecule has 0 aliphatic carbocycles. The summed E-state index contributed by atoms with van der Waals surface area (Å²) in [6.07, 6.45) is -0.396. The minimum atomic E-state index is -0.396. The van der Waals surface area contributed by atoms with E-state index in [2.05, 4.69) is 101 Å². The Morgan fingerprint density at radius 3 is 0.937 bits per heavy atom. The Kier molecular flexibility index (Phi) is 12.3. The molecule has 9 rings (SSSR count). The van der Waals surface area contributed by atoms with E-state index in [1.54, 1.807) is 0 Å². The molecule has 0 aromatic heterocycles. The zero-order valence-electron chi connectivity index (χ0n) is 34.2. The Morgan fingerprint density at radius 1 is 0.270 bits per heavy atom. The van der Waals surface area contributed by atoms with Crippen molar-refractivity contribution in [3.8, 4) is 71.0 Å². The summed E-state index contributed by atoms with van der Waals surface area (Å²) in [5, 5.41) is 2.36. The van der Waals surface area contributed by atoms with Crippen LogP contribution in [0.1, 0.15) is 78.6 Å². The van der Waals surface area contributed by atoms with Gasteiger partial charge in [0.1, 0.15) is 0 Å². The molecule has 0 spiro atoms. The van der Waals surface area contributed by atoms with Gasteiger partial charge in [0, 0.05) is 72.3 Å². The van der Waals surface area contributed by atoms with Crippen molar-refractivity contribution in [3.05, 3.63) is 260 Å². The van der Waals surface area contributed by atoms with Gasteiger partial charge in [0.05, 0.1) is 13.2 Å². The largest absolute Gasteiger partial charge is 0.346 e. The third-order valence-electron chi connectivity index (χ3n) is 10.2. The van der Waals surface area contributed by atoms with E-state index in [-0.39, 0.29) is 0 Å². The molecule has 1 aliphatic heterocycles. The predicted molar refractivity (Wildman–Crippen MR) is 253 cm³/mol. The minimum Gasteiger partial charge on any atom is -0.346 e. The molecular weight excluding hydrogens is 765 g/mol. The number of hydrogen-bond donors (Lipinski definition) is 0. The van der Waals surface area contributed by atoms with E-state index < -0.39 is 6.29 Å². The highest BCUT2D eigenvalue weighted by molar-refractivity contribution is 5.83. The van der Waals surface area contributed by atoms with Crippen LogP contribution in [0.15, 0.2) is 188 Å². The van der Waals surface area contributed by atoms with Crippen molar-refractivity contribution < 1.29 is 9.47 Å². The van der Waals surface area contributed by atoms with Crippen LogP contribution in [0.5, 0.6) is 0 Å². The first kappa shape index (κ1) is 39.7.